The van der Waals surface area contributed by atoms with Crippen LogP contribution < -0.4 is 5.32 Å². The van der Waals surface area contributed by atoms with E-state index in [2.05, 4.69) is 35.1 Å². The fraction of sp³-hybridized carbons (Fsp3) is 0.250. The van der Waals surface area contributed by atoms with Crippen LogP contribution in [0.15, 0.2) is 34.9 Å². The Bertz CT molecular complexity index is 370. The highest BCUT2D eigenvalue weighted by molar-refractivity contribution is 9.10. The largest absolute Gasteiger partial charge is 0.388 e. The summed E-state index contributed by atoms with van der Waals surface area (Å²) in [6.07, 6.45) is 3.23. The Morgan fingerprint density at radius 2 is 2.20 bits per heavy atom. The van der Waals surface area contributed by atoms with Crippen LogP contribution in [-0.4, -0.2) is 12.3 Å². The highest BCUT2D eigenvalue weighted by Crippen LogP contribution is 2.17. The first-order valence-corrected chi connectivity index (χ1v) is 5.65. The molecule has 3 heteroatoms. The molecule has 0 bridgehead atoms. The van der Waals surface area contributed by atoms with Gasteiger partial charge in [0.15, 0.2) is 0 Å². The van der Waals surface area contributed by atoms with Crippen LogP contribution in [0.5, 0.6) is 0 Å². The van der Waals surface area contributed by atoms with Crippen molar-refractivity contribution in [3.63, 3.8) is 0 Å². The third-order valence-corrected chi connectivity index (χ3v) is 2.38. The summed E-state index contributed by atoms with van der Waals surface area (Å²) in [6.45, 7) is 4.14. The molecule has 1 aromatic rings. The maximum absolute atomic E-state index is 7.36. The molecule has 0 saturated heterocycles. The van der Waals surface area contributed by atoms with E-state index in [9.17, 15) is 0 Å². The Balaban J connectivity index is 2.92. The summed E-state index contributed by atoms with van der Waals surface area (Å²) >= 11 is 3.42. The SMILES string of the molecule is CC(C)N/C=C(\C=N)c1cccc(Br)c1. The lowest BCUT2D eigenvalue weighted by atomic mass is 10.1. The van der Waals surface area contributed by atoms with Crippen LogP contribution in [0.25, 0.3) is 5.57 Å². The van der Waals surface area contributed by atoms with Crippen LogP contribution in [0.4, 0.5) is 0 Å². The van der Waals surface area contributed by atoms with Gasteiger partial charge in [-0.25, -0.2) is 0 Å². The molecule has 0 atom stereocenters. The molecule has 80 valence electrons. The van der Waals surface area contributed by atoms with E-state index in [1.165, 1.54) is 6.21 Å². The minimum absolute atomic E-state index is 0.382. The molecule has 0 aliphatic carbocycles. The normalized spacial score (nSPS) is 11.6. The summed E-state index contributed by atoms with van der Waals surface area (Å²) in [5.74, 6) is 0. The first-order valence-electron chi connectivity index (χ1n) is 4.86. The molecule has 0 amide bonds. The summed E-state index contributed by atoms with van der Waals surface area (Å²) in [4.78, 5) is 0. The fourth-order valence-electron chi connectivity index (χ4n) is 1.13. The van der Waals surface area contributed by atoms with E-state index in [-0.39, 0.29) is 0 Å². The van der Waals surface area contributed by atoms with Gasteiger partial charge in [-0.3, -0.25) is 0 Å². The van der Waals surface area contributed by atoms with Crippen LogP contribution in [0.2, 0.25) is 0 Å². The first kappa shape index (κ1) is 12.0. The zero-order valence-corrected chi connectivity index (χ0v) is 10.5. The van der Waals surface area contributed by atoms with Gasteiger partial charge >= 0.3 is 0 Å². The van der Waals surface area contributed by atoms with Crippen molar-refractivity contribution in [2.24, 2.45) is 0 Å². The predicted molar refractivity (Wildman–Crippen MR) is 69.2 cm³/mol. The second kappa shape index (κ2) is 5.71. The Hall–Kier alpha value is -1.09. The second-order valence-electron chi connectivity index (χ2n) is 3.58. The van der Waals surface area contributed by atoms with Gasteiger partial charge in [-0.15, -0.1) is 0 Å². The van der Waals surface area contributed by atoms with E-state index in [4.69, 9.17) is 5.41 Å². The zero-order chi connectivity index (χ0) is 11.3. The number of hydrogen-bond acceptors (Lipinski definition) is 2. The third kappa shape index (κ3) is 3.88. The summed E-state index contributed by atoms with van der Waals surface area (Å²) in [5.41, 5.74) is 1.91. The van der Waals surface area contributed by atoms with E-state index in [0.717, 1.165) is 15.6 Å². The summed E-state index contributed by atoms with van der Waals surface area (Å²) < 4.78 is 1.03. The van der Waals surface area contributed by atoms with Gasteiger partial charge in [-0.05, 0) is 31.5 Å². The molecular weight excluding hydrogens is 252 g/mol. The number of allylic oxidation sites excluding steroid dienone is 1. The van der Waals surface area contributed by atoms with Gasteiger partial charge in [0.1, 0.15) is 0 Å². The number of rotatable bonds is 4. The number of halogens is 1. The van der Waals surface area contributed by atoms with Crippen molar-refractivity contribution in [1.82, 2.24) is 5.32 Å². The van der Waals surface area contributed by atoms with Gasteiger partial charge in [0.05, 0.1) is 0 Å². The van der Waals surface area contributed by atoms with E-state index in [1.807, 2.05) is 30.5 Å². The van der Waals surface area contributed by atoms with Crippen LogP contribution in [0, 0.1) is 5.41 Å². The molecule has 2 nitrogen and oxygen atoms in total. The molecule has 1 rings (SSSR count). The smallest absolute Gasteiger partial charge is 0.0270 e. The topological polar surface area (TPSA) is 35.9 Å². The van der Waals surface area contributed by atoms with Crippen molar-refractivity contribution in [3.05, 3.63) is 40.5 Å². The van der Waals surface area contributed by atoms with Gasteiger partial charge in [0.25, 0.3) is 0 Å². The lowest BCUT2D eigenvalue weighted by Gasteiger charge is -2.07. The predicted octanol–water partition coefficient (Wildman–Crippen LogP) is 3.44. The third-order valence-electron chi connectivity index (χ3n) is 1.89. The molecule has 15 heavy (non-hydrogen) atoms. The van der Waals surface area contributed by atoms with Crippen molar-refractivity contribution in [2.45, 2.75) is 19.9 Å². The molecule has 0 heterocycles. The molecular formula is C12H15BrN2. The molecule has 0 fully saturated rings. The molecule has 2 N–H and O–H groups in total. The van der Waals surface area contributed by atoms with Crippen molar-refractivity contribution >= 4 is 27.7 Å². The average Bonchev–Trinajstić information content (AvgIpc) is 2.18. The molecule has 0 spiro atoms. The van der Waals surface area contributed by atoms with E-state index in [0.29, 0.717) is 6.04 Å². The van der Waals surface area contributed by atoms with Gasteiger partial charge in [-0.2, -0.15) is 0 Å². The van der Waals surface area contributed by atoms with Gasteiger partial charge < -0.3 is 10.7 Å². The summed E-state index contributed by atoms with van der Waals surface area (Å²) in [7, 11) is 0. The highest BCUT2D eigenvalue weighted by Gasteiger charge is 1.99. The second-order valence-corrected chi connectivity index (χ2v) is 4.49. The standard InChI is InChI=1S/C12H15BrN2/c1-9(2)15-8-11(7-14)10-4-3-5-12(13)6-10/h3-9,14-15H,1-2H3/b11-8+,14-7?. The molecule has 0 saturated carbocycles. The summed E-state index contributed by atoms with van der Waals surface area (Å²) in [6, 6.07) is 8.31. The lowest BCUT2D eigenvalue weighted by Crippen LogP contribution is -2.16. The maximum Gasteiger partial charge on any atom is 0.0270 e. The maximum atomic E-state index is 7.36. The highest BCUT2D eigenvalue weighted by atomic mass is 79.9. The monoisotopic (exact) mass is 266 g/mol. The van der Waals surface area contributed by atoms with Crippen molar-refractivity contribution in [2.75, 3.05) is 0 Å². The molecule has 0 radical (unpaired) electrons. The Labute approximate surface area is 99.0 Å². The Morgan fingerprint density at radius 1 is 1.47 bits per heavy atom. The first-order chi connectivity index (χ1) is 7.13. The van der Waals surface area contributed by atoms with Crippen molar-refractivity contribution < 1.29 is 0 Å². The fourth-order valence-corrected chi connectivity index (χ4v) is 1.53. The van der Waals surface area contributed by atoms with E-state index < -0.39 is 0 Å². The molecule has 1 aromatic carbocycles. The van der Waals surface area contributed by atoms with Crippen molar-refractivity contribution in [1.29, 1.82) is 5.41 Å². The van der Waals surface area contributed by atoms with Gasteiger partial charge in [0, 0.05) is 28.5 Å². The van der Waals surface area contributed by atoms with Crippen molar-refractivity contribution in [3.8, 4) is 0 Å². The van der Waals surface area contributed by atoms with Gasteiger partial charge in [0.2, 0.25) is 0 Å². The van der Waals surface area contributed by atoms with Crippen LogP contribution in [-0.2, 0) is 0 Å². The van der Waals surface area contributed by atoms with Gasteiger partial charge in [-0.1, -0.05) is 28.1 Å². The van der Waals surface area contributed by atoms with Crippen LogP contribution in [0.1, 0.15) is 19.4 Å². The molecule has 0 unspecified atom stereocenters. The summed E-state index contributed by atoms with van der Waals surface area (Å²) in [5, 5.41) is 10.5. The Kier molecular flexibility index (Phi) is 4.56. The molecule has 0 aromatic heterocycles. The lowest BCUT2D eigenvalue weighted by molar-refractivity contribution is 0.704. The zero-order valence-electron chi connectivity index (χ0n) is 8.92. The van der Waals surface area contributed by atoms with E-state index >= 15 is 0 Å². The molecule has 0 aliphatic rings. The number of benzene rings is 1. The van der Waals surface area contributed by atoms with Crippen LogP contribution in [0.3, 0.4) is 0 Å². The Morgan fingerprint density at radius 3 is 2.73 bits per heavy atom. The minimum atomic E-state index is 0.382. The quantitative estimate of drug-likeness (QED) is 0.805. The van der Waals surface area contributed by atoms with E-state index in [1.54, 1.807) is 0 Å². The average molecular weight is 267 g/mol. The van der Waals surface area contributed by atoms with Crippen LogP contribution >= 0.6 is 15.9 Å². The number of nitrogens with one attached hydrogen (secondary N) is 2. The number of hydrogen-bond donors (Lipinski definition) is 2. The molecule has 0 aliphatic heterocycles. The minimum Gasteiger partial charge on any atom is -0.388 e.